The fraction of sp³-hybridized carbons (Fsp3) is 0.750. The molecule has 0 amide bonds. The zero-order valence-electron chi connectivity index (χ0n) is 21.7. The van der Waals surface area contributed by atoms with Gasteiger partial charge in [-0.25, -0.2) is 4.79 Å². The number of hydrogen-bond acceptors (Lipinski definition) is 6. The van der Waals surface area contributed by atoms with Crippen LogP contribution in [-0.4, -0.2) is 76.3 Å². The molecule has 7 atom stereocenters. The van der Waals surface area contributed by atoms with Gasteiger partial charge in [-0.15, -0.1) is 0 Å². The summed E-state index contributed by atoms with van der Waals surface area (Å²) in [6.45, 7) is 1.15. The number of rotatable bonds is 5. The average molecular weight is 513 g/mol. The van der Waals surface area contributed by atoms with E-state index in [1.807, 2.05) is 6.20 Å². The minimum absolute atomic E-state index is 0.00805. The first-order valence-corrected chi connectivity index (χ1v) is 14.0. The van der Waals surface area contributed by atoms with Gasteiger partial charge in [0.15, 0.2) is 17.3 Å². The van der Waals surface area contributed by atoms with Crippen molar-refractivity contribution in [2.24, 2.45) is 38.8 Å². The normalized spacial score (nSPS) is 44.4. The highest BCUT2D eigenvalue weighted by Gasteiger charge is 2.83. The van der Waals surface area contributed by atoms with Crippen molar-refractivity contribution in [1.29, 1.82) is 0 Å². The lowest BCUT2D eigenvalue weighted by Crippen LogP contribution is -2.72. The van der Waals surface area contributed by atoms with Crippen molar-refractivity contribution >= 4 is 17.7 Å². The van der Waals surface area contributed by atoms with E-state index in [0.29, 0.717) is 31.9 Å². The second kappa shape index (κ2) is 8.38. The Morgan fingerprint density at radius 3 is 2.78 bits per heavy atom. The highest BCUT2D eigenvalue weighted by atomic mass is 16.4. The van der Waals surface area contributed by atoms with Crippen LogP contribution in [0.2, 0.25) is 0 Å². The first kappa shape index (κ1) is 25.1. The number of guanidine groups is 1. The third-order valence-electron chi connectivity index (χ3n) is 11.5. The van der Waals surface area contributed by atoms with E-state index < -0.39 is 22.4 Å². The summed E-state index contributed by atoms with van der Waals surface area (Å²) in [4.78, 5) is 32.9. The molecule has 4 saturated carbocycles. The lowest BCUT2D eigenvalue weighted by Gasteiger charge is -2.72. The van der Waals surface area contributed by atoms with Gasteiger partial charge in [-0.3, -0.25) is 9.79 Å². The lowest BCUT2D eigenvalue weighted by atomic mass is 9.34. The Morgan fingerprint density at radius 1 is 1.27 bits per heavy atom. The monoisotopic (exact) mass is 512 g/mol. The molecule has 6 N–H and O–H groups in total. The highest BCUT2D eigenvalue weighted by Crippen LogP contribution is 2.85. The summed E-state index contributed by atoms with van der Waals surface area (Å²) in [6, 6.07) is -0.00805. The molecule has 1 aliphatic heterocycles. The third kappa shape index (κ3) is 2.83. The van der Waals surface area contributed by atoms with Crippen LogP contribution in [-0.2, 0) is 9.59 Å². The van der Waals surface area contributed by atoms with Gasteiger partial charge in [0.2, 0.25) is 0 Å². The molecule has 0 aromatic heterocycles. The number of aliphatic hydroxyl groups is 2. The van der Waals surface area contributed by atoms with Gasteiger partial charge in [0, 0.05) is 49.6 Å². The number of hydrogen-bond donors (Lipinski definition) is 5. The number of aliphatic imine (C=N–C) groups is 1. The molecule has 37 heavy (non-hydrogen) atoms. The minimum atomic E-state index is -1.95. The van der Waals surface area contributed by atoms with Crippen molar-refractivity contribution < 1.29 is 24.9 Å². The van der Waals surface area contributed by atoms with Crippen LogP contribution in [0.15, 0.2) is 28.4 Å². The molecular formula is C28H40N4O5. The molecule has 202 valence electrons. The third-order valence-corrected chi connectivity index (χ3v) is 11.5. The van der Waals surface area contributed by atoms with Crippen LogP contribution in [0.4, 0.5) is 0 Å². The number of nitrogens with one attached hydrogen (secondary N) is 1. The molecule has 9 nitrogen and oxygen atoms in total. The molecule has 9 heteroatoms. The van der Waals surface area contributed by atoms with Crippen molar-refractivity contribution in [3.63, 3.8) is 0 Å². The number of ketones is 1. The van der Waals surface area contributed by atoms with Crippen LogP contribution in [0.3, 0.4) is 0 Å². The molecule has 0 aromatic carbocycles. The standard InChI is InChI=1S/C28H40N4O5/c1-30-24(29)32-12-7-18(15-31-11-13-33)28-17-5-9-25(10-6-20(28)32)8-3-2-4-21(34)26(37)16-27(25,28)19(14-17)22(26)23(35)36/h7,12,17-18,20,31,33,37H,2-6,8-11,13-16H2,1H3,(H2,29,30)(H,35,36). The number of allylic oxidation sites excluding steroid dienone is 1. The summed E-state index contributed by atoms with van der Waals surface area (Å²) < 4.78 is 0. The number of carbonyl (C=O) groups excluding carboxylic acids is 1. The predicted molar refractivity (Wildman–Crippen MR) is 137 cm³/mol. The molecule has 2 spiro atoms. The first-order chi connectivity index (χ1) is 17.7. The maximum Gasteiger partial charge on any atom is 0.334 e. The van der Waals surface area contributed by atoms with Gasteiger partial charge in [-0.2, -0.15) is 0 Å². The summed E-state index contributed by atoms with van der Waals surface area (Å²) in [5.41, 5.74) is 4.19. The van der Waals surface area contributed by atoms with Crippen LogP contribution in [0.25, 0.3) is 0 Å². The molecule has 0 aromatic rings. The second-order valence-corrected chi connectivity index (χ2v) is 12.3. The zero-order chi connectivity index (χ0) is 26.2. The van der Waals surface area contributed by atoms with Crippen molar-refractivity contribution in [3.8, 4) is 0 Å². The summed E-state index contributed by atoms with van der Waals surface area (Å²) in [7, 11) is 1.69. The molecule has 0 saturated heterocycles. The average Bonchev–Trinajstić information content (AvgIpc) is 3.26. The summed E-state index contributed by atoms with van der Waals surface area (Å²) >= 11 is 0. The van der Waals surface area contributed by atoms with Gasteiger partial charge in [-0.1, -0.05) is 12.5 Å². The second-order valence-electron chi connectivity index (χ2n) is 12.3. The number of Topliss-reactive ketones (excluding diaryl/α,β-unsaturated/α-hetero) is 1. The number of nitrogens with zero attached hydrogens (tertiary/aromatic N) is 2. The molecule has 6 rings (SSSR count). The summed E-state index contributed by atoms with van der Waals surface area (Å²) in [6.07, 6.45) is 11.6. The molecule has 5 bridgehead atoms. The SMILES string of the molecule is CN=C(N)N1C=CC(CNCCO)C23C4CCC5(CCCCC(=O)C6(O)CC52C(=C6C(=O)O)C4)CCC13. The van der Waals surface area contributed by atoms with Gasteiger partial charge in [0.05, 0.1) is 12.2 Å². The Labute approximate surface area is 217 Å². The Kier molecular flexibility index (Phi) is 5.68. The van der Waals surface area contributed by atoms with E-state index in [0.717, 1.165) is 44.1 Å². The van der Waals surface area contributed by atoms with Crippen molar-refractivity contribution in [3.05, 3.63) is 23.4 Å². The van der Waals surface area contributed by atoms with E-state index in [4.69, 9.17) is 5.73 Å². The van der Waals surface area contributed by atoms with Crippen LogP contribution >= 0.6 is 0 Å². The van der Waals surface area contributed by atoms with E-state index in [1.54, 1.807) is 7.05 Å². The van der Waals surface area contributed by atoms with E-state index in [9.17, 15) is 24.9 Å². The van der Waals surface area contributed by atoms with Crippen LogP contribution in [0.5, 0.6) is 0 Å². The zero-order valence-corrected chi connectivity index (χ0v) is 21.7. The predicted octanol–water partition coefficient (Wildman–Crippen LogP) is 1.55. The molecule has 6 aliphatic rings. The van der Waals surface area contributed by atoms with Gasteiger partial charge >= 0.3 is 5.97 Å². The number of carbonyl (C=O) groups is 2. The Hall–Kier alpha value is -2.23. The Morgan fingerprint density at radius 2 is 2.05 bits per heavy atom. The fourth-order valence-electron chi connectivity index (χ4n) is 10.6. The summed E-state index contributed by atoms with van der Waals surface area (Å²) in [5, 5.41) is 35.6. The van der Waals surface area contributed by atoms with Crippen LogP contribution < -0.4 is 11.1 Å². The topological polar surface area (TPSA) is 148 Å². The number of nitrogens with two attached hydrogens (primary N) is 1. The molecule has 4 fully saturated rings. The fourth-order valence-corrected chi connectivity index (χ4v) is 10.6. The van der Waals surface area contributed by atoms with Crippen LogP contribution in [0, 0.1) is 28.1 Å². The molecular weight excluding hydrogens is 472 g/mol. The Balaban J connectivity index is 1.66. The number of aliphatic carboxylic acids is 1. The lowest BCUT2D eigenvalue weighted by molar-refractivity contribution is -0.213. The Bertz CT molecular complexity index is 1120. The van der Waals surface area contributed by atoms with Crippen molar-refractivity contribution in [2.75, 3.05) is 26.7 Å². The van der Waals surface area contributed by atoms with Crippen LogP contribution in [0.1, 0.15) is 64.2 Å². The largest absolute Gasteiger partial charge is 0.478 e. The number of fused-ring (bicyclic) bond motifs is 1. The van der Waals surface area contributed by atoms with Gasteiger partial charge in [0.25, 0.3) is 0 Å². The number of carboxylic acids is 1. The van der Waals surface area contributed by atoms with Crippen molar-refractivity contribution in [2.45, 2.75) is 75.9 Å². The van der Waals surface area contributed by atoms with Crippen molar-refractivity contribution in [1.82, 2.24) is 10.2 Å². The maximum absolute atomic E-state index is 13.6. The number of carboxylic acid groups (broad SMARTS) is 1. The highest BCUT2D eigenvalue weighted by molar-refractivity contribution is 6.04. The molecule has 5 aliphatic carbocycles. The first-order valence-electron chi connectivity index (χ1n) is 14.0. The number of aliphatic hydroxyl groups excluding tert-OH is 1. The molecule has 0 radical (unpaired) electrons. The van der Waals surface area contributed by atoms with Gasteiger partial charge in [-0.05, 0) is 74.2 Å². The summed E-state index contributed by atoms with van der Waals surface area (Å²) in [5.74, 6) is -0.785. The van der Waals surface area contributed by atoms with E-state index in [2.05, 4.69) is 21.3 Å². The maximum atomic E-state index is 13.6. The smallest absolute Gasteiger partial charge is 0.334 e. The van der Waals surface area contributed by atoms with Gasteiger partial charge < -0.3 is 31.3 Å². The van der Waals surface area contributed by atoms with E-state index >= 15 is 0 Å². The van der Waals surface area contributed by atoms with E-state index in [1.165, 1.54) is 0 Å². The quantitative estimate of drug-likeness (QED) is 0.212. The molecule has 7 unspecified atom stereocenters. The van der Waals surface area contributed by atoms with Gasteiger partial charge in [0.1, 0.15) is 0 Å². The minimum Gasteiger partial charge on any atom is -0.478 e. The molecule has 1 heterocycles. The van der Waals surface area contributed by atoms with E-state index in [-0.39, 0.29) is 54.1 Å².